The number of ether oxygens (including phenoxy) is 3. The lowest BCUT2D eigenvalue weighted by Crippen LogP contribution is -2.27. The third-order valence-electron chi connectivity index (χ3n) is 5.55. The van der Waals surface area contributed by atoms with Gasteiger partial charge in [0.1, 0.15) is 5.75 Å². The molecular formula is C23H25NO4. The highest BCUT2D eigenvalue weighted by molar-refractivity contribution is 6.12. The van der Waals surface area contributed by atoms with E-state index >= 15 is 0 Å². The maximum Gasteiger partial charge on any atom is 0.259 e. The van der Waals surface area contributed by atoms with Gasteiger partial charge in [-0.2, -0.15) is 0 Å². The number of carbonyl (C=O) groups is 1. The van der Waals surface area contributed by atoms with Crippen LogP contribution < -0.4 is 19.1 Å². The van der Waals surface area contributed by atoms with Crippen molar-refractivity contribution >= 4 is 11.6 Å². The maximum absolute atomic E-state index is 13.2. The van der Waals surface area contributed by atoms with Crippen molar-refractivity contribution in [2.45, 2.75) is 37.8 Å². The number of anilines is 1. The van der Waals surface area contributed by atoms with Gasteiger partial charge in [0, 0.05) is 17.7 Å². The monoisotopic (exact) mass is 379 g/mol. The van der Waals surface area contributed by atoms with Gasteiger partial charge < -0.3 is 14.2 Å². The molecule has 0 radical (unpaired) electrons. The highest BCUT2D eigenvalue weighted by Gasteiger charge is 2.38. The zero-order valence-electron chi connectivity index (χ0n) is 16.3. The largest absolute Gasteiger partial charge is 0.494 e. The van der Waals surface area contributed by atoms with Gasteiger partial charge in [-0.05, 0) is 37.3 Å². The van der Waals surface area contributed by atoms with Gasteiger partial charge in [0.15, 0.2) is 11.5 Å². The lowest BCUT2D eigenvalue weighted by Gasteiger charge is -2.26. The summed E-state index contributed by atoms with van der Waals surface area (Å²) in [5.74, 6) is 1.72. The van der Waals surface area contributed by atoms with Crippen LogP contribution in [-0.4, -0.2) is 26.2 Å². The van der Waals surface area contributed by atoms with Crippen molar-refractivity contribution in [1.29, 1.82) is 0 Å². The van der Waals surface area contributed by atoms with Crippen molar-refractivity contribution in [3.05, 3.63) is 60.2 Å². The van der Waals surface area contributed by atoms with E-state index in [4.69, 9.17) is 14.2 Å². The van der Waals surface area contributed by atoms with E-state index in [0.717, 1.165) is 18.4 Å². The Morgan fingerprint density at radius 2 is 1.75 bits per heavy atom. The Morgan fingerprint density at radius 1 is 1.04 bits per heavy atom. The summed E-state index contributed by atoms with van der Waals surface area (Å²) in [7, 11) is 3.20. The molecule has 1 saturated carbocycles. The first-order chi connectivity index (χ1) is 13.7. The summed E-state index contributed by atoms with van der Waals surface area (Å²) in [6.07, 6.45) is 6.38. The number of carbonyl (C=O) groups excluding carboxylic acids is 1. The van der Waals surface area contributed by atoms with Crippen LogP contribution in [0.15, 0.2) is 49.1 Å². The van der Waals surface area contributed by atoms with E-state index < -0.39 is 0 Å². The lowest BCUT2D eigenvalue weighted by atomic mass is 10.0. The minimum Gasteiger partial charge on any atom is -0.494 e. The van der Waals surface area contributed by atoms with Gasteiger partial charge in [0.25, 0.3) is 5.91 Å². The summed E-state index contributed by atoms with van der Waals surface area (Å²) >= 11 is 0. The molecule has 1 aliphatic carbocycles. The average Bonchev–Trinajstić information content (AvgIpc) is 3.33. The van der Waals surface area contributed by atoms with E-state index in [2.05, 4.69) is 6.58 Å². The molecule has 2 aliphatic rings. The minimum absolute atomic E-state index is 0.0733. The molecule has 2 aromatic carbocycles. The summed E-state index contributed by atoms with van der Waals surface area (Å²) in [6, 6.07) is 11.0. The molecule has 0 spiro atoms. The second-order valence-corrected chi connectivity index (χ2v) is 7.14. The molecule has 1 unspecified atom stereocenters. The maximum atomic E-state index is 13.2. The van der Waals surface area contributed by atoms with Crippen LogP contribution in [0, 0.1) is 0 Å². The number of amides is 1. The smallest absolute Gasteiger partial charge is 0.259 e. The third kappa shape index (κ3) is 3.01. The van der Waals surface area contributed by atoms with Crippen molar-refractivity contribution in [3.8, 4) is 17.2 Å². The molecule has 1 fully saturated rings. The molecule has 146 valence electrons. The second-order valence-electron chi connectivity index (χ2n) is 7.14. The van der Waals surface area contributed by atoms with Crippen LogP contribution in [0.1, 0.15) is 47.6 Å². The fourth-order valence-corrected chi connectivity index (χ4v) is 4.16. The fraction of sp³-hybridized carbons (Fsp3) is 0.348. The average molecular weight is 379 g/mol. The van der Waals surface area contributed by atoms with Crippen molar-refractivity contribution in [1.82, 2.24) is 0 Å². The van der Waals surface area contributed by atoms with Crippen molar-refractivity contribution in [3.63, 3.8) is 0 Å². The molecule has 1 aliphatic heterocycles. The van der Waals surface area contributed by atoms with Gasteiger partial charge in [-0.3, -0.25) is 9.69 Å². The number of hydrogen-bond donors (Lipinski definition) is 0. The van der Waals surface area contributed by atoms with Crippen LogP contribution in [0.4, 0.5) is 5.69 Å². The van der Waals surface area contributed by atoms with E-state index in [-0.39, 0.29) is 18.1 Å². The van der Waals surface area contributed by atoms with E-state index in [1.54, 1.807) is 31.3 Å². The Balaban J connectivity index is 1.79. The summed E-state index contributed by atoms with van der Waals surface area (Å²) in [6.45, 7) is 3.96. The molecular weight excluding hydrogens is 354 g/mol. The minimum atomic E-state index is -0.259. The van der Waals surface area contributed by atoms with Crippen molar-refractivity contribution in [2.75, 3.05) is 19.1 Å². The SMILES string of the molecule is C=CC1c2ccccc2C(=O)N1c1cc(OC2CCCC2)c(OC)cc1OC. The predicted molar refractivity (Wildman–Crippen MR) is 109 cm³/mol. The standard InChI is InChI=1S/C23H25NO4/c1-4-18-16-11-7-8-12-17(16)23(25)24(18)19-13-22(28-15-9-5-6-10-15)21(27-3)14-20(19)26-2/h4,7-8,11-15,18H,1,5-6,9-10H2,2-3H3. The van der Waals surface area contributed by atoms with E-state index in [9.17, 15) is 4.79 Å². The molecule has 0 N–H and O–H groups in total. The zero-order chi connectivity index (χ0) is 19.7. The molecule has 28 heavy (non-hydrogen) atoms. The van der Waals surface area contributed by atoms with E-state index in [1.165, 1.54) is 12.8 Å². The van der Waals surface area contributed by atoms with Crippen molar-refractivity contribution in [2.24, 2.45) is 0 Å². The van der Waals surface area contributed by atoms with Crippen LogP contribution in [0.25, 0.3) is 0 Å². The van der Waals surface area contributed by atoms with Gasteiger partial charge in [-0.1, -0.05) is 24.3 Å². The van der Waals surface area contributed by atoms with Crippen LogP contribution in [-0.2, 0) is 0 Å². The molecule has 1 atom stereocenters. The molecule has 2 aromatic rings. The molecule has 0 saturated heterocycles. The third-order valence-corrected chi connectivity index (χ3v) is 5.55. The van der Waals surface area contributed by atoms with Gasteiger partial charge in [-0.25, -0.2) is 0 Å². The number of benzene rings is 2. The van der Waals surface area contributed by atoms with Crippen LogP contribution in [0.5, 0.6) is 17.2 Å². The topological polar surface area (TPSA) is 48.0 Å². The number of hydrogen-bond acceptors (Lipinski definition) is 4. The molecule has 5 heteroatoms. The highest BCUT2D eigenvalue weighted by atomic mass is 16.5. The summed E-state index contributed by atoms with van der Waals surface area (Å²) in [5.41, 5.74) is 2.28. The van der Waals surface area contributed by atoms with Crippen molar-refractivity contribution < 1.29 is 19.0 Å². The Morgan fingerprint density at radius 3 is 2.43 bits per heavy atom. The summed E-state index contributed by atoms with van der Waals surface area (Å²) in [4.78, 5) is 14.9. The number of fused-ring (bicyclic) bond motifs is 1. The Labute approximate surface area is 165 Å². The summed E-state index contributed by atoms with van der Waals surface area (Å²) < 4.78 is 17.4. The first-order valence-corrected chi connectivity index (χ1v) is 9.65. The molecule has 1 heterocycles. The van der Waals surface area contributed by atoms with Crippen LogP contribution in [0.2, 0.25) is 0 Å². The first kappa shape index (κ1) is 18.4. The van der Waals surface area contributed by atoms with Gasteiger partial charge >= 0.3 is 0 Å². The van der Waals surface area contributed by atoms with E-state index in [1.807, 2.05) is 30.3 Å². The molecule has 0 aromatic heterocycles. The van der Waals surface area contributed by atoms with E-state index in [0.29, 0.717) is 28.5 Å². The lowest BCUT2D eigenvalue weighted by molar-refractivity contribution is 0.0993. The summed E-state index contributed by atoms with van der Waals surface area (Å²) in [5, 5.41) is 0. The van der Waals surface area contributed by atoms with Gasteiger partial charge in [0.05, 0.1) is 32.1 Å². The molecule has 0 bridgehead atoms. The zero-order valence-corrected chi connectivity index (χ0v) is 16.3. The predicted octanol–water partition coefficient (Wildman–Crippen LogP) is 4.91. The van der Waals surface area contributed by atoms with Crippen LogP contribution >= 0.6 is 0 Å². The van der Waals surface area contributed by atoms with Gasteiger partial charge in [-0.15, -0.1) is 6.58 Å². The fourth-order valence-electron chi connectivity index (χ4n) is 4.16. The highest BCUT2D eigenvalue weighted by Crippen LogP contribution is 2.47. The molecule has 4 rings (SSSR count). The molecule has 1 amide bonds. The molecule has 5 nitrogen and oxygen atoms in total. The second kappa shape index (κ2) is 7.58. The quantitative estimate of drug-likeness (QED) is 0.669. The Hall–Kier alpha value is -2.95. The van der Waals surface area contributed by atoms with Crippen LogP contribution in [0.3, 0.4) is 0 Å². The first-order valence-electron chi connectivity index (χ1n) is 9.65. The number of rotatable bonds is 6. The number of methoxy groups -OCH3 is 2. The Kier molecular flexibility index (Phi) is 4.99. The van der Waals surface area contributed by atoms with Gasteiger partial charge in [0.2, 0.25) is 0 Å². The number of nitrogens with zero attached hydrogens (tertiary/aromatic N) is 1. The Bertz CT molecular complexity index is 901. The normalized spacial score (nSPS) is 18.9.